The fourth-order valence-electron chi connectivity index (χ4n) is 4.86. The van der Waals surface area contributed by atoms with E-state index >= 15 is 0 Å². The molecule has 0 unspecified atom stereocenters. The van der Waals surface area contributed by atoms with E-state index in [2.05, 4.69) is 6.92 Å². The zero-order valence-electron chi connectivity index (χ0n) is 18.5. The molecule has 0 aromatic heterocycles. The van der Waals surface area contributed by atoms with Crippen molar-refractivity contribution < 1.29 is 4.79 Å². The molecule has 1 amide bonds. The molecule has 2 nitrogen and oxygen atoms in total. The monoisotopic (exact) mass is 379 g/mol. The summed E-state index contributed by atoms with van der Waals surface area (Å²) in [7, 11) is 0. The Kier molecular flexibility index (Phi) is 14.9. The molecule has 1 saturated carbocycles. The number of rotatable bonds is 18. The molecule has 2 heteroatoms. The van der Waals surface area contributed by atoms with Gasteiger partial charge in [0.05, 0.1) is 0 Å². The first-order valence-corrected chi connectivity index (χ1v) is 12.5. The van der Waals surface area contributed by atoms with E-state index in [1.165, 1.54) is 122 Å². The average molecular weight is 380 g/mol. The molecule has 0 atom stereocenters. The molecule has 160 valence electrons. The third-order valence-electron chi connectivity index (χ3n) is 6.84. The van der Waals surface area contributed by atoms with Crippen LogP contribution in [0, 0.1) is 5.41 Å². The van der Waals surface area contributed by atoms with E-state index < -0.39 is 0 Å². The van der Waals surface area contributed by atoms with E-state index in [1.807, 2.05) is 0 Å². The van der Waals surface area contributed by atoms with Crippen LogP contribution in [0.2, 0.25) is 0 Å². The van der Waals surface area contributed by atoms with Gasteiger partial charge in [0.1, 0.15) is 0 Å². The fraction of sp³-hybridized carbons (Fsp3) is 0.960. The molecule has 1 fully saturated rings. The molecule has 0 heterocycles. The molecule has 0 spiro atoms. The molecule has 0 aromatic rings. The summed E-state index contributed by atoms with van der Waals surface area (Å²) in [5.74, 6) is -0.0249. The van der Waals surface area contributed by atoms with Crippen LogP contribution in [0.3, 0.4) is 0 Å². The van der Waals surface area contributed by atoms with Gasteiger partial charge < -0.3 is 5.73 Å². The lowest BCUT2D eigenvalue weighted by atomic mass is 9.70. The first kappa shape index (κ1) is 24.5. The van der Waals surface area contributed by atoms with Crippen LogP contribution in [-0.4, -0.2) is 5.91 Å². The van der Waals surface area contributed by atoms with Crippen molar-refractivity contribution in [3.8, 4) is 0 Å². The normalized spacial score (nSPS) is 16.5. The second kappa shape index (κ2) is 16.4. The Morgan fingerprint density at radius 1 is 0.630 bits per heavy atom. The van der Waals surface area contributed by atoms with Crippen molar-refractivity contribution in [2.75, 3.05) is 0 Å². The fourth-order valence-corrected chi connectivity index (χ4v) is 4.86. The van der Waals surface area contributed by atoms with Crippen LogP contribution in [0.25, 0.3) is 0 Å². The third kappa shape index (κ3) is 11.8. The van der Waals surface area contributed by atoms with E-state index in [9.17, 15) is 4.79 Å². The maximum absolute atomic E-state index is 11.9. The first-order chi connectivity index (χ1) is 13.2. The predicted octanol–water partition coefficient (Wildman–Crippen LogP) is 8.07. The van der Waals surface area contributed by atoms with Gasteiger partial charge in [0.2, 0.25) is 5.91 Å². The summed E-state index contributed by atoms with van der Waals surface area (Å²) in [6.45, 7) is 2.29. The number of unbranched alkanes of at least 4 members (excludes halogenated alkanes) is 15. The lowest BCUT2D eigenvalue weighted by molar-refractivity contribution is -0.130. The van der Waals surface area contributed by atoms with Crippen LogP contribution in [0.15, 0.2) is 0 Å². The highest BCUT2D eigenvalue weighted by atomic mass is 16.1. The molecule has 27 heavy (non-hydrogen) atoms. The largest absolute Gasteiger partial charge is 0.369 e. The van der Waals surface area contributed by atoms with Gasteiger partial charge in [-0.2, -0.15) is 0 Å². The van der Waals surface area contributed by atoms with Crippen LogP contribution >= 0.6 is 0 Å². The van der Waals surface area contributed by atoms with Gasteiger partial charge >= 0.3 is 0 Å². The summed E-state index contributed by atoms with van der Waals surface area (Å²) in [5, 5.41) is 0. The smallest absolute Gasteiger partial charge is 0.223 e. The number of amides is 1. The van der Waals surface area contributed by atoms with Gasteiger partial charge in [-0.15, -0.1) is 0 Å². The van der Waals surface area contributed by atoms with Crippen LogP contribution < -0.4 is 5.73 Å². The second-order valence-electron chi connectivity index (χ2n) is 9.26. The van der Waals surface area contributed by atoms with Crippen molar-refractivity contribution in [2.24, 2.45) is 11.1 Å². The Labute approximate surface area is 170 Å². The number of carbonyl (C=O) groups excluding carboxylic acids is 1. The minimum atomic E-state index is -0.145. The number of primary amides is 1. The topological polar surface area (TPSA) is 43.1 Å². The summed E-state index contributed by atoms with van der Waals surface area (Å²) >= 11 is 0. The first-order valence-electron chi connectivity index (χ1n) is 12.5. The molecule has 2 N–H and O–H groups in total. The molecule has 1 aliphatic carbocycles. The zero-order valence-corrected chi connectivity index (χ0v) is 18.5. The maximum atomic E-state index is 11.9. The predicted molar refractivity (Wildman–Crippen MR) is 119 cm³/mol. The number of nitrogens with two attached hydrogens (primary N) is 1. The van der Waals surface area contributed by atoms with E-state index in [0.29, 0.717) is 0 Å². The molecule has 1 aliphatic rings. The third-order valence-corrected chi connectivity index (χ3v) is 6.84. The maximum Gasteiger partial charge on any atom is 0.223 e. The molecule has 0 radical (unpaired) electrons. The summed E-state index contributed by atoms with van der Waals surface area (Å²) in [4.78, 5) is 11.9. The number of hydrogen-bond acceptors (Lipinski definition) is 1. The molecular formula is C25H49NO. The van der Waals surface area contributed by atoms with Crippen LogP contribution in [-0.2, 0) is 4.79 Å². The van der Waals surface area contributed by atoms with E-state index in [4.69, 9.17) is 5.73 Å². The van der Waals surface area contributed by atoms with Crippen molar-refractivity contribution in [1.82, 2.24) is 0 Å². The number of hydrogen-bond donors (Lipinski definition) is 1. The van der Waals surface area contributed by atoms with Crippen LogP contribution in [0.4, 0.5) is 0 Å². The van der Waals surface area contributed by atoms with Crippen LogP contribution in [0.5, 0.6) is 0 Å². The van der Waals surface area contributed by atoms with Crippen molar-refractivity contribution >= 4 is 5.91 Å². The van der Waals surface area contributed by atoms with Crippen molar-refractivity contribution in [1.29, 1.82) is 0 Å². The summed E-state index contributed by atoms with van der Waals surface area (Å²) in [5.41, 5.74) is 5.59. The Balaban J connectivity index is 1.83. The Morgan fingerprint density at radius 3 is 1.37 bits per heavy atom. The average Bonchev–Trinajstić information content (AvgIpc) is 2.68. The van der Waals surface area contributed by atoms with E-state index in [0.717, 1.165) is 19.3 Å². The molecule has 0 bridgehead atoms. The lowest BCUT2D eigenvalue weighted by Crippen LogP contribution is -2.38. The highest BCUT2D eigenvalue weighted by molar-refractivity contribution is 5.80. The SMILES string of the molecule is CCCCCCCCCCCCCCCCCCC1(C(N)=O)CCCCC1. The highest BCUT2D eigenvalue weighted by Gasteiger charge is 2.36. The van der Waals surface area contributed by atoms with Gasteiger partial charge in [-0.1, -0.05) is 129 Å². The Bertz CT molecular complexity index is 346. The summed E-state index contributed by atoms with van der Waals surface area (Å²) in [6, 6.07) is 0. The Morgan fingerprint density at radius 2 is 1.00 bits per heavy atom. The van der Waals surface area contributed by atoms with Gasteiger partial charge in [-0.25, -0.2) is 0 Å². The second-order valence-corrected chi connectivity index (χ2v) is 9.26. The summed E-state index contributed by atoms with van der Waals surface area (Å²) in [6.07, 6.45) is 29.2. The molecule has 0 saturated heterocycles. The van der Waals surface area contributed by atoms with Gasteiger partial charge in [0, 0.05) is 5.41 Å². The quantitative estimate of drug-likeness (QED) is 0.240. The summed E-state index contributed by atoms with van der Waals surface area (Å²) < 4.78 is 0. The van der Waals surface area contributed by atoms with Gasteiger partial charge in [-0.05, 0) is 19.3 Å². The minimum absolute atomic E-state index is 0.0249. The van der Waals surface area contributed by atoms with Crippen molar-refractivity contribution in [2.45, 2.75) is 148 Å². The van der Waals surface area contributed by atoms with Crippen LogP contribution in [0.1, 0.15) is 148 Å². The Hall–Kier alpha value is -0.530. The molecule has 1 rings (SSSR count). The molecular weight excluding hydrogens is 330 g/mol. The van der Waals surface area contributed by atoms with Gasteiger partial charge in [0.25, 0.3) is 0 Å². The van der Waals surface area contributed by atoms with Gasteiger partial charge in [0.15, 0.2) is 0 Å². The highest BCUT2D eigenvalue weighted by Crippen LogP contribution is 2.40. The lowest BCUT2D eigenvalue weighted by Gasteiger charge is -2.34. The van der Waals surface area contributed by atoms with Crippen molar-refractivity contribution in [3.63, 3.8) is 0 Å². The standard InChI is InChI=1S/C25H49NO/c1-2-3-4-5-6-7-8-9-10-11-12-13-14-15-16-18-21-25(24(26)27)22-19-17-20-23-25/h2-23H2,1H3,(H2,26,27). The van der Waals surface area contributed by atoms with Crippen molar-refractivity contribution in [3.05, 3.63) is 0 Å². The minimum Gasteiger partial charge on any atom is -0.369 e. The van der Waals surface area contributed by atoms with Gasteiger partial charge in [-0.3, -0.25) is 4.79 Å². The molecule has 0 aromatic carbocycles. The van der Waals surface area contributed by atoms with E-state index in [1.54, 1.807) is 0 Å². The zero-order chi connectivity index (χ0) is 19.6. The van der Waals surface area contributed by atoms with E-state index in [-0.39, 0.29) is 11.3 Å². The number of carbonyl (C=O) groups is 1. The molecule has 0 aliphatic heterocycles.